The highest BCUT2D eigenvalue weighted by atomic mass is 16.5. The summed E-state index contributed by atoms with van der Waals surface area (Å²) in [7, 11) is 1.64. The Bertz CT molecular complexity index is 450. The molecule has 0 amide bonds. The molecule has 1 aromatic carbocycles. The number of carboxylic acid groups (broad SMARTS) is 1. The van der Waals surface area contributed by atoms with Crippen molar-refractivity contribution in [2.45, 2.75) is 12.5 Å². The second-order valence-electron chi connectivity index (χ2n) is 4.81. The van der Waals surface area contributed by atoms with Crippen molar-refractivity contribution >= 4 is 5.97 Å². The maximum absolute atomic E-state index is 11.0. The summed E-state index contributed by atoms with van der Waals surface area (Å²) in [6, 6.07) is 7.78. The van der Waals surface area contributed by atoms with E-state index in [0.717, 1.165) is 17.9 Å². The zero-order valence-corrected chi connectivity index (χ0v) is 11.1. The van der Waals surface area contributed by atoms with E-state index in [-0.39, 0.29) is 12.0 Å². The summed E-state index contributed by atoms with van der Waals surface area (Å²) in [5, 5.41) is 9.07. The van der Waals surface area contributed by atoms with Crippen molar-refractivity contribution in [3.8, 4) is 5.75 Å². The first-order chi connectivity index (χ1) is 9.17. The molecule has 2 atom stereocenters. The summed E-state index contributed by atoms with van der Waals surface area (Å²) in [5.74, 6) is -0.209. The maximum Gasteiger partial charge on any atom is 0.307 e. The average Bonchev–Trinajstić information content (AvgIpc) is 2.90. The van der Waals surface area contributed by atoms with Gasteiger partial charge in [-0.15, -0.1) is 0 Å². The van der Waals surface area contributed by atoms with Gasteiger partial charge in [-0.1, -0.05) is 18.2 Å². The predicted octanol–water partition coefficient (Wildman–Crippen LogP) is 1.10. The Morgan fingerprint density at radius 2 is 2.32 bits per heavy atom. The van der Waals surface area contributed by atoms with Crippen molar-refractivity contribution < 1.29 is 14.6 Å². The number of rotatable bonds is 5. The van der Waals surface area contributed by atoms with Crippen LogP contribution < -0.4 is 10.5 Å². The number of likely N-dealkylation sites (tertiary alicyclic amines) is 1. The molecule has 104 valence electrons. The van der Waals surface area contributed by atoms with E-state index in [1.807, 2.05) is 24.3 Å². The molecule has 0 unspecified atom stereocenters. The highest BCUT2D eigenvalue weighted by Crippen LogP contribution is 2.32. The average molecular weight is 264 g/mol. The Morgan fingerprint density at radius 1 is 1.58 bits per heavy atom. The van der Waals surface area contributed by atoms with Crippen molar-refractivity contribution in [1.82, 2.24) is 4.90 Å². The second-order valence-corrected chi connectivity index (χ2v) is 4.81. The summed E-state index contributed by atoms with van der Waals surface area (Å²) < 4.78 is 5.36. The Balaban J connectivity index is 2.19. The molecule has 1 aliphatic heterocycles. The van der Waals surface area contributed by atoms with E-state index in [0.29, 0.717) is 19.5 Å². The molecule has 5 nitrogen and oxygen atoms in total. The topological polar surface area (TPSA) is 75.8 Å². The fourth-order valence-corrected chi connectivity index (χ4v) is 2.69. The number of hydrogen-bond donors (Lipinski definition) is 2. The van der Waals surface area contributed by atoms with Crippen LogP contribution in [0.5, 0.6) is 5.75 Å². The van der Waals surface area contributed by atoms with Crippen molar-refractivity contribution in [3.63, 3.8) is 0 Å². The first-order valence-electron chi connectivity index (χ1n) is 6.47. The molecule has 0 aromatic heterocycles. The number of carbonyl (C=O) groups is 1. The van der Waals surface area contributed by atoms with E-state index < -0.39 is 5.97 Å². The van der Waals surface area contributed by atoms with Gasteiger partial charge in [0.1, 0.15) is 5.75 Å². The lowest BCUT2D eigenvalue weighted by Gasteiger charge is -2.28. The lowest BCUT2D eigenvalue weighted by Crippen LogP contribution is -2.33. The third-order valence-electron chi connectivity index (χ3n) is 3.73. The van der Waals surface area contributed by atoms with Crippen molar-refractivity contribution in [1.29, 1.82) is 0 Å². The number of para-hydroxylation sites is 1. The van der Waals surface area contributed by atoms with Gasteiger partial charge < -0.3 is 15.6 Å². The Labute approximate surface area is 113 Å². The van der Waals surface area contributed by atoms with Crippen LogP contribution in [0, 0.1) is 5.92 Å². The molecule has 0 spiro atoms. The minimum atomic E-state index is -0.724. The van der Waals surface area contributed by atoms with Gasteiger partial charge >= 0.3 is 5.97 Å². The van der Waals surface area contributed by atoms with Gasteiger partial charge in [-0.3, -0.25) is 9.69 Å². The standard InChI is InChI=1S/C14H20N2O3/c1-19-13-5-3-2-4-11(13)12(8-15)16-7-6-10(9-16)14(17)18/h2-5,10,12H,6-9,15H2,1H3,(H,17,18)/t10-,12+/m0/s1. The van der Waals surface area contributed by atoms with Gasteiger partial charge in [0.05, 0.1) is 19.1 Å². The van der Waals surface area contributed by atoms with Gasteiger partial charge in [-0.25, -0.2) is 0 Å². The number of nitrogens with two attached hydrogens (primary N) is 1. The molecule has 1 fully saturated rings. The number of nitrogens with zero attached hydrogens (tertiary/aromatic N) is 1. The number of benzene rings is 1. The summed E-state index contributed by atoms with van der Waals surface area (Å²) in [6.45, 7) is 1.76. The Kier molecular flexibility index (Phi) is 4.39. The molecule has 1 saturated heterocycles. The number of ether oxygens (including phenoxy) is 1. The van der Waals surface area contributed by atoms with Crippen LogP contribution in [0.15, 0.2) is 24.3 Å². The summed E-state index contributed by atoms with van der Waals surface area (Å²) in [4.78, 5) is 13.2. The molecular weight excluding hydrogens is 244 g/mol. The Hall–Kier alpha value is -1.59. The molecule has 2 rings (SSSR count). The molecule has 0 bridgehead atoms. The largest absolute Gasteiger partial charge is 0.496 e. The zero-order chi connectivity index (χ0) is 13.8. The zero-order valence-electron chi connectivity index (χ0n) is 11.1. The summed E-state index contributed by atoms with van der Waals surface area (Å²) in [6.07, 6.45) is 0.682. The SMILES string of the molecule is COc1ccccc1[C@@H](CN)N1CC[C@H](C(=O)O)C1. The van der Waals surface area contributed by atoms with Crippen molar-refractivity contribution in [3.05, 3.63) is 29.8 Å². The Morgan fingerprint density at radius 3 is 2.89 bits per heavy atom. The number of aliphatic carboxylic acids is 1. The van der Waals surface area contributed by atoms with Crippen LogP contribution in [0.2, 0.25) is 0 Å². The van der Waals surface area contributed by atoms with Crippen LogP contribution in [0.4, 0.5) is 0 Å². The molecule has 19 heavy (non-hydrogen) atoms. The minimum absolute atomic E-state index is 0.0144. The van der Waals surface area contributed by atoms with Gasteiger partial charge in [0.2, 0.25) is 0 Å². The smallest absolute Gasteiger partial charge is 0.307 e. The van der Waals surface area contributed by atoms with Gasteiger partial charge in [0.25, 0.3) is 0 Å². The molecule has 5 heteroatoms. The van der Waals surface area contributed by atoms with Crippen molar-refractivity contribution in [2.24, 2.45) is 11.7 Å². The third-order valence-corrected chi connectivity index (χ3v) is 3.73. The molecule has 0 radical (unpaired) electrons. The molecule has 0 aliphatic carbocycles. The van der Waals surface area contributed by atoms with E-state index in [9.17, 15) is 4.79 Å². The summed E-state index contributed by atoms with van der Waals surface area (Å²) in [5.41, 5.74) is 6.91. The molecular formula is C14H20N2O3. The summed E-state index contributed by atoms with van der Waals surface area (Å²) >= 11 is 0. The second kappa shape index (κ2) is 6.04. The van der Waals surface area contributed by atoms with Gasteiger partial charge in [0.15, 0.2) is 0 Å². The van der Waals surface area contributed by atoms with Crippen LogP contribution >= 0.6 is 0 Å². The number of methoxy groups -OCH3 is 1. The van der Waals surface area contributed by atoms with Crippen LogP contribution in [-0.2, 0) is 4.79 Å². The van der Waals surface area contributed by atoms with Crippen LogP contribution in [0.1, 0.15) is 18.0 Å². The van der Waals surface area contributed by atoms with Crippen LogP contribution in [-0.4, -0.2) is 42.7 Å². The monoisotopic (exact) mass is 264 g/mol. The number of hydrogen-bond acceptors (Lipinski definition) is 4. The van der Waals surface area contributed by atoms with Gasteiger partial charge in [-0.05, 0) is 19.0 Å². The van der Waals surface area contributed by atoms with Gasteiger partial charge in [-0.2, -0.15) is 0 Å². The normalized spacial score (nSPS) is 21.3. The maximum atomic E-state index is 11.0. The number of carboxylic acids is 1. The highest BCUT2D eigenvalue weighted by molar-refractivity contribution is 5.70. The first-order valence-corrected chi connectivity index (χ1v) is 6.47. The first kappa shape index (κ1) is 13.8. The fourth-order valence-electron chi connectivity index (χ4n) is 2.69. The lowest BCUT2D eigenvalue weighted by molar-refractivity contribution is -0.141. The van der Waals surface area contributed by atoms with Gasteiger partial charge in [0, 0.05) is 18.7 Å². The van der Waals surface area contributed by atoms with E-state index in [1.54, 1.807) is 7.11 Å². The van der Waals surface area contributed by atoms with E-state index >= 15 is 0 Å². The quantitative estimate of drug-likeness (QED) is 0.833. The third kappa shape index (κ3) is 2.88. The lowest BCUT2D eigenvalue weighted by atomic mass is 10.0. The minimum Gasteiger partial charge on any atom is -0.496 e. The molecule has 3 N–H and O–H groups in total. The molecule has 1 heterocycles. The highest BCUT2D eigenvalue weighted by Gasteiger charge is 2.33. The van der Waals surface area contributed by atoms with E-state index in [1.165, 1.54) is 0 Å². The van der Waals surface area contributed by atoms with Crippen LogP contribution in [0.25, 0.3) is 0 Å². The predicted molar refractivity (Wildman–Crippen MR) is 72.1 cm³/mol. The van der Waals surface area contributed by atoms with E-state index in [2.05, 4.69) is 4.90 Å². The van der Waals surface area contributed by atoms with Crippen LogP contribution in [0.3, 0.4) is 0 Å². The van der Waals surface area contributed by atoms with E-state index in [4.69, 9.17) is 15.6 Å². The fraction of sp³-hybridized carbons (Fsp3) is 0.500. The molecule has 0 saturated carbocycles. The van der Waals surface area contributed by atoms with Crippen molar-refractivity contribution in [2.75, 3.05) is 26.7 Å². The molecule has 1 aromatic rings. The molecule has 1 aliphatic rings.